The van der Waals surface area contributed by atoms with E-state index in [9.17, 15) is 35.9 Å². The molecule has 0 spiro atoms. The van der Waals surface area contributed by atoms with Gasteiger partial charge < -0.3 is 10.5 Å². The van der Waals surface area contributed by atoms with Gasteiger partial charge in [-0.05, 0) is 18.2 Å². The maximum atomic E-state index is 13.3. The number of carbonyl (C=O) groups excluding carboxylic acids is 2. The topological polar surface area (TPSA) is 120 Å². The van der Waals surface area contributed by atoms with Gasteiger partial charge in [0.05, 0.1) is 24.4 Å². The molecule has 3 rings (SSSR count). The number of esters is 1. The lowest BCUT2D eigenvalue weighted by molar-refractivity contribution is -0.799. The van der Waals surface area contributed by atoms with Gasteiger partial charge in [0.15, 0.2) is 0 Å². The van der Waals surface area contributed by atoms with Crippen molar-refractivity contribution in [2.75, 3.05) is 7.11 Å². The number of nitrogens with two attached hydrogens (primary N) is 1. The van der Waals surface area contributed by atoms with E-state index in [0.717, 1.165) is 19.5 Å². The molecule has 0 radical (unpaired) electrons. The molecule has 0 fully saturated rings. The monoisotopic (exact) mass is 475 g/mol. The molecule has 2 heterocycles. The molecule has 1 aromatic heterocycles. The fraction of sp³-hybridized carbons (Fsp3) is 0.222. The summed E-state index contributed by atoms with van der Waals surface area (Å²) in [5.41, 5.74) is 0.469. The van der Waals surface area contributed by atoms with Gasteiger partial charge >= 0.3 is 24.4 Å². The summed E-state index contributed by atoms with van der Waals surface area (Å²) >= 11 is 0. The highest BCUT2D eigenvalue weighted by Gasteiger charge is 2.52. The van der Waals surface area contributed by atoms with Gasteiger partial charge in [-0.1, -0.05) is 9.71 Å². The van der Waals surface area contributed by atoms with Gasteiger partial charge in [0.1, 0.15) is 12.2 Å². The molecule has 1 aliphatic rings. The molecule has 1 aliphatic heterocycles. The molecular weight excluding hydrogens is 462 g/mol. The third-order valence-corrected chi connectivity index (χ3v) is 4.50. The quantitative estimate of drug-likeness (QED) is 0.410. The van der Waals surface area contributed by atoms with E-state index in [2.05, 4.69) is 25.0 Å². The van der Waals surface area contributed by atoms with E-state index in [0.29, 0.717) is 12.1 Å². The number of halogens is 6. The molecular formula is C18H13F6N6O3+. The van der Waals surface area contributed by atoms with Crippen LogP contribution in [0.1, 0.15) is 22.4 Å². The molecule has 1 aromatic carbocycles. The lowest BCUT2D eigenvalue weighted by Crippen LogP contribution is -2.48. The van der Waals surface area contributed by atoms with Crippen LogP contribution >= 0.6 is 0 Å². The molecule has 174 valence electrons. The zero-order valence-electron chi connectivity index (χ0n) is 16.5. The van der Waals surface area contributed by atoms with Crippen molar-refractivity contribution in [1.29, 1.82) is 0 Å². The van der Waals surface area contributed by atoms with E-state index >= 15 is 0 Å². The van der Waals surface area contributed by atoms with Crippen LogP contribution in [0.15, 0.2) is 52.8 Å². The first kappa shape index (κ1) is 23.8. The van der Waals surface area contributed by atoms with Crippen LogP contribution in [0.25, 0.3) is 5.70 Å². The van der Waals surface area contributed by atoms with Gasteiger partial charge in [-0.25, -0.2) is 14.6 Å². The predicted octanol–water partition coefficient (Wildman–Crippen LogP) is 3.83. The number of carbonyl (C=O) groups is 2. The number of hydrogen-bond donors (Lipinski definition) is 1. The number of methoxy groups -OCH3 is 1. The lowest BCUT2D eigenvalue weighted by atomic mass is 10.0. The number of urea groups is 1. The summed E-state index contributed by atoms with van der Waals surface area (Å²) in [7, 11) is 0.985. The molecule has 1 unspecified atom stereocenters. The van der Waals surface area contributed by atoms with Crippen molar-refractivity contribution in [3.63, 3.8) is 0 Å². The van der Waals surface area contributed by atoms with Crippen LogP contribution in [-0.4, -0.2) is 33.7 Å². The Kier molecular flexibility index (Phi) is 5.93. The number of primary amides is 1. The Labute approximate surface area is 180 Å². The number of nitrogens with zero attached hydrogens (tertiary/aromatic N) is 5. The molecule has 15 heteroatoms. The molecule has 9 nitrogen and oxygen atoms in total. The van der Waals surface area contributed by atoms with Crippen molar-refractivity contribution in [2.45, 2.75) is 18.9 Å². The number of amides is 2. The minimum Gasteiger partial charge on any atom is -0.464 e. The van der Waals surface area contributed by atoms with Crippen molar-refractivity contribution in [3.8, 4) is 0 Å². The van der Waals surface area contributed by atoms with Crippen LogP contribution in [0.2, 0.25) is 0 Å². The number of aromatic nitrogens is 2. The third kappa shape index (κ3) is 4.52. The second-order valence-electron chi connectivity index (χ2n) is 6.65. The first-order valence-electron chi connectivity index (χ1n) is 8.79. The third-order valence-electron chi connectivity index (χ3n) is 4.50. The van der Waals surface area contributed by atoms with E-state index in [1.54, 1.807) is 0 Å². The zero-order valence-corrected chi connectivity index (χ0v) is 16.5. The van der Waals surface area contributed by atoms with Gasteiger partial charge in [-0.3, -0.25) is 4.98 Å². The predicted molar refractivity (Wildman–Crippen MR) is 95.8 cm³/mol. The molecule has 0 bridgehead atoms. The number of ether oxygens (including phenoxy) is 1. The highest BCUT2D eigenvalue weighted by atomic mass is 19.4. The van der Waals surface area contributed by atoms with E-state index in [4.69, 9.17) is 5.73 Å². The molecule has 2 N–H and O–H groups in total. The average molecular weight is 475 g/mol. The number of hydrogen-bond acceptors (Lipinski definition) is 7. The summed E-state index contributed by atoms with van der Waals surface area (Å²) in [5.74, 6) is -1.10. The van der Waals surface area contributed by atoms with E-state index < -0.39 is 63.6 Å². The summed E-state index contributed by atoms with van der Waals surface area (Å²) in [6.07, 6.45) is -6.76. The first-order valence-corrected chi connectivity index (χ1v) is 8.79. The normalized spacial score (nSPS) is 18.5. The Bertz CT molecular complexity index is 1130. The number of rotatable bonds is 4. The first-order chi connectivity index (χ1) is 15.3. The van der Waals surface area contributed by atoms with E-state index in [1.807, 2.05) is 0 Å². The Morgan fingerprint density at radius 1 is 1.03 bits per heavy atom. The van der Waals surface area contributed by atoms with Crippen molar-refractivity contribution >= 4 is 17.7 Å². The Hall–Kier alpha value is -3.88. The van der Waals surface area contributed by atoms with E-state index in [1.165, 1.54) is 6.20 Å². The Balaban J connectivity index is 2.25. The van der Waals surface area contributed by atoms with Crippen LogP contribution in [0, 0.1) is 0 Å². The average Bonchev–Trinajstić information content (AvgIpc) is 3.12. The van der Waals surface area contributed by atoms with Gasteiger partial charge in [-0.15, -0.1) is 0 Å². The zero-order chi connectivity index (χ0) is 24.6. The van der Waals surface area contributed by atoms with Crippen molar-refractivity contribution in [1.82, 2.24) is 9.97 Å². The van der Waals surface area contributed by atoms with Gasteiger partial charge in [0.2, 0.25) is 11.4 Å². The highest BCUT2D eigenvalue weighted by molar-refractivity contribution is 5.97. The van der Waals surface area contributed by atoms with Crippen molar-refractivity contribution in [2.24, 2.45) is 16.1 Å². The second-order valence-corrected chi connectivity index (χ2v) is 6.65. The minimum absolute atomic E-state index is 0.0666. The molecule has 1 atom stereocenters. The summed E-state index contributed by atoms with van der Waals surface area (Å²) in [6.45, 7) is -0.946. The van der Waals surface area contributed by atoms with Crippen LogP contribution in [0.3, 0.4) is 0 Å². The second kappa shape index (κ2) is 8.23. The van der Waals surface area contributed by atoms with Crippen molar-refractivity contribution in [3.05, 3.63) is 64.9 Å². The maximum Gasteiger partial charge on any atom is 0.447 e. The number of alkyl halides is 6. The largest absolute Gasteiger partial charge is 0.464 e. The maximum absolute atomic E-state index is 13.3. The Morgan fingerprint density at radius 2 is 1.64 bits per heavy atom. The van der Waals surface area contributed by atoms with Crippen LogP contribution in [-0.2, 0) is 28.4 Å². The Morgan fingerprint density at radius 3 is 2.09 bits per heavy atom. The lowest BCUT2D eigenvalue weighted by Gasteiger charge is -2.25. The molecule has 2 amide bonds. The summed E-state index contributed by atoms with van der Waals surface area (Å²) < 4.78 is 82.7. The fourth-order valence-corrected chi connectivity index (χ4v) is 3.07. The molecule has 33 heavy (non-hydrogen) atoms. The molecule has 0 saturated carbocycles. The van der Waals surface area contributed by atoms with Gasteiger partial charge in [-0.2, -0.15) is 26.3 Å². The molecule has 2 aromatic rings. The smallest absolute Gasteiger partial charge is 0.447 e. The highest BCUT2D eigenvalue weighted by Crippen LogP contribution is 2.41. The van der Waals surface area contributed by atoms with Crippen LogP contribution in [0.4, 0.5) is 31.1 Å². The van der Waals surface area contributed by atoms with Gasteiger partial charge in [0, 0.05) is 23.2 Å². The van der Waals surface area contributed by atoms with Gasteiger partial charge in [0.25, 0.3) is 0 Å². The SMILES string of the molecule is COC(=O)C1=C(c2cnccn2)[N+](Cc2cc(C(F)(F)F)cc(C(F)(F)F)c2)(C(N)=O)N=N1. The summed E-state index contributed by atoms with van der Waals surface area (Å²) in [4.78, 5) is 32.4. The van der Waals surface area contributed by atoms with Crippen molar-refractivity contribution < 1.29 is 45.3 Å². The fourth-order valence-electron chi connectivity index (χ4n) is 3.07. The van der Waals surface area contributed by atoms with Crippen LogP contribution < -0.4 is 5.73 Å². The standard InChI is InChI=1S/C18H12F6N6O3/c1-33-15(31)13-14(12-7-26-2-3-27-12)30(16(25)32,29-28-13)8-9-4-10(17(19,20)21)6-11(5-9)18(22,23)24/h2-7H,8H2,1H3,(H-,25,32)/p+1. The number of quaternary nitrogens is 1. The molecule has 0 aliphatic carbocycles. The van der Waals surface area contributed by atoms with E-state index in [-0.39, 0.29) is 11.8 Å². The van der Waals surface area contributed by atoms with Crippen LogP contribution in [0.5, 0.6) is 0 Å². The summed E-state index contributed by atoms with van der Waals surface area (Å²) in [5, 5.41) is 7.20. The summed E-state index contributed by atoms with van der Waals surface area (Å²) in [6, 6.07) is -0.594. The number of benzene rings is 1. The molecule has 0 saturated heterocycles. The minimum atomic E-state index is -5.12.